The molecule has 0 fully saturated rings. The van der Waals surface area contributed by atoms with E-state index in [0.717, 1.165) is 0 Å². The number of nitrogens with two attached hydrogens (primary N) is 1. The van der Waals surface area contributed by atoms with E-state index in [-0.39, 0.29) is 19.8 Å². The summed E-state index contributed by atoms with van der Waals surface area (Å²) in [5.74, 6) is -1.71. The average Bonchev–Trinajstić information content (AvgIpc) is 2.66. The summed E-state index contributed by atoms with van der Waals surface area (Å²) in [5, 5.41) is 0. The Kier molecular flexibility index (Phi) is 11.0. The highest BCUT2D eigenvalue weighted by Crippen LogP contribution is 2.11. The molecule has 0 aromatic rings. The summed E-state index contributed by atoms with van der Waals surface area (Å²) < 4.78 is 29.9. The van der Waals surface area contributed by atoms with Crippen LogP contribution in [0.15, 0.2) is 0 Å². The maximum Gasteiger partial charge on any atom is 0.334 e. The van der Waals surface area contributed by atoms with E-state index >= 15 is 0 Å². The normalized spacial score (nSPS) is 16.7. The molecule has 0 aromatic heterocycles. The number of carbonyl (C=O) groups is 3. The molecule has 26 heavy (non-hydrogen) atoms. The molecular weight excluding hydrogens is 350 g/mol. The van der Waals surface area contributed by atoms with E-state index in [2.05, 4.69) is 14.2 Å². The Morgan fingerprint density at radius 1 is 0.692 bits per heavy atom. The second kappa shape index (κ2) is 11.8. The van der Waals surface area contributed by atoms with Gasteiger partial charge in [0.2, 0.25) is 0 Å². The molecule has 0 aliphatic rings. The largest absolute Gasteiger partial charge is 0.467 e. The van der Waals surface area contributed by atoms with Crippen molar-refractivity contribution in [3.05, 3.63) is 0 Å². The first kappa shape index (κ1) is 24.2. The Bertz CT molecular complexity index is 404. The molecule has 10 nitrogen and oxygen atoms in total. The van der Waals surface area contributed by atoms with Gasteiger partial charge < -0.3 is 34.2 Å². The molecular formula is C16H29NO9. The second-order valence-corrected chi connectivity index (χ2v) is 5.79. The Morgan fingerprint density at radius 3 is 1.12 bits per heavy atom. The first-order valence-corrected chi connectivity index (χ1v) is 7.97. The highest BCUT2D eigenvalue weighted by molar-refractivity contribution is 5.74. The molecule has 0 aromatic carbocycles. The maximum atomic E-state index is 11.4. The molecule has 0 heterocycles. The van der Waals surface area contributed by atoms with Crippen LogP contribution in [0.5, 0.6) is 0 Å². The van der Waals surface area contributed by atoms with E-state index in [1.807, 2.05) is 0 Å². The third-order valence-electron chi connectivity index (χ3n) is 3.46. The molecule has 0 saturated carbocycles. The van der Waals surface area contributed by atoms with Gasteiger partial charge in [-0.25, -0.2) is 14.4 Å². The summed E-state index contributed by atoms with van der Waals surface area (Å²) in [6.07, 6.45) is -2.59. The second-order valence-electron chi connectivity index (χ2n) is 5.79. The van der Waals surface area contributed by atoms with Crippen molar-refractivity contribution < 1.29 is 42.8 Å². The molecule has 0 aliphatic heterocycles. The average molecular weight is 379 g/mol. The van der Waals surface area contributed by atoms with E-state index in [4.69, 9.17) is 19.9 Å². The summed E-state index contributed by atoms with van der Waals surface area (Å²) >= 11 is 0. The summed E-state index contributed by atoms with van der Waals surface area (Å²) in [4.78, 5) is 34.3. The number of hydrogen-bond donors (Lipinski definition) is 1. The number of rotatable bonds is 12. The van der Waals surface area contributed by atoms with Crippen LogP contribution in [0, 0.1) is 0 Å². The minimum atomic E-state index is -1.24. The molecule has 0 spiro atoms. The van der Waals surface area contributed by atoms with Gasteiger partial charge in [0.05, 0.1) is 46.7 Å². The van der Waals surface area contributed by atoms with Gasteiger partial charge in [-0.3, -0.25) is 0 Å². The van der Waals surface area contributed by atoms with Gasteiger partial charge in [0.15, 0.2) is 18.3 Å². The van der Waals surface area contributed by atoms with E-state index in [1.54, 1.807) is 0 Å². The molecule has 152 valence electrons. The Hall–Kier alpha value is -1.75. The van der Waals surface area contributed by atoms with Gasteiger partial charge in [0, 0.05) is 0 Å². The van der Waals surface area contributed by atoms with Crippen LogP contribution in [0.2, 0.25) is 0 Å². The van der Waals surface area contributed by atoms with Crippen molar-refractivity contribution in [2.45, 2.75) is 44.6 Å². The van der Waals surface area contributed by atoms with Crippen LogP contribution in [0.25, 0.3) is 0 Å². The minimum absolute atomic E-state index is 0.148. The first-order valence-electron chi connectivity index (χ1n) is 7.97. The Labute approximate surface area is 153 Å². The van der Waals surface area contributed by atoms with Crippen LogP contribution in [0.4, 0.5) is 0 Å². The van der Waals surface area contributed by atoms with Crippen LogP contribution in [-0.4, -0.2) is 82.9 Å². The monoisotopic (exact) mass is 379 g/mol. The van der Waals surface area contributed by atoms with E-state index in [0.29, 0.717) is 0 Å². The summed E-state index contributed by atoms with van der Waals surface area (Å²) in [7, 11) is 3.71. The Morgan fingerprint density at radius 2 is 0.923 bits per heavy atom. The van der Waals surface area contributed by atoms with Gasteiger partial charge in [-0.15, -0.1) is 0 Å². The molecule has 3 unspecified atom stereocenters. The molecule has 0 amide bonds. The summed E-state index contributed by atoms with van der Waals surface area (Å²) in [6, 6.07) is 0. The lowest BCUT2D eigenvalue weighted by molar-refractivity contribution is -0.161. The molecule has 0 saturated heterocycles. The number of esters is 3. The number of hydrogen-bond acceptors (Lipinski definition) is 10. The predicted octanol–water partition coefficient (Wildman–Crippen LogP) is -0.582. The zero-order valence-corrected chi connectivity index (χ0v) is 16.1. The van der Waals surface area contributed by atoms with Crippen molar-refractivity contribution in [2.75, 3.05) is 41.2 Å². The SMILES string of the molecule is COC(=O)C(C)OCC(N)(COC(C)C(=O)OC)COC(C)C(=O)OC. The highest BCUT2D eigenvalue weighted by Gasteiger charge is 2.32. The lowest BCUT2D eigenvalue weighted by atomic mass is 10.0. The fraction of sp³-hybridized carbons (Fsp3) is 0.812. The van der Waals surface area contributed by atoms with Gasteiger partial charge in [0.25, 0.3) is 0 Å². The molecule has 10 heteroatoms. The van der Waals surface area contributed by atoms with E-state index < -0.39 is 41.8 Å². The molecule has 2 N–H and O–H groups in total. The van der Waals surface area contributed by atoms with Crippen molar-refractivity contribution in [1.82, 2.24) is 0 Å². The van der Waals surface area contributed by atoms with Gasteiger partial charge >= 0.3 is 17.9 Å². The molecule has 3 atom stereocenters. The summed E-state index contributed by atoms with van der Waals surface area (Å²) in [6.45, 7) is 4.06. The van der Waals surface area contributed by atoms with Crippen molar-refractivity contribution in [1.29, 1.82) is 0 Å². The number of ether oxygens (including phenoxy) is 6. The van der Waals surface area contributed by atoms with Crippen LogP contribution < -0.4 is 5.73 Å². The standard InChI is InChI=1S/C16H29NO9/c1-10(13(18)21-4)24-7-16(17,8-25-11(2)14(19)22-5)9-26-12(3)15(20)23-6/h10-12H,7-9,17H2,1-6H3. The fourth-order valence-electron chi connectivity index (χ4n) is 1.70. The fourth-order valence-corrected chi connectivity index (χ4v) is 1.70. The van der Waals surface area contributed by atoms with Gasteiger partial charge in [0.1, 0.15) is 0 Å². The number of methoxy groups -OCH3 is 3. The van der Waals surface area contributed by atoms with Crippen LogP contribution in [0.1, 0.15) is 20.8 Å². The van der Waals surface area contributed by atoms with Gasteiger partial charge in [-0.1, -0.05) is 0 Å². The zero-order chi connectivity index (χ0) is 20.3. The van der Waals surface area contributed by atoms with Crippen molar-refractivity contribution in [3.63, 3.8) is 0 Å². The van der Waals surface area contributed by atoms with Crippen molar-refractivity contribution in [3.8, 4) is 0 Å². The number of carbonyl (C=O) groups excluding carboxylic acids is 3. The van der Waals surface area contributed by atoms with Crippen LogP contribution >= 0.6 is 0 Å². The lowest BCUT2D eigenvalue weighted by Gasteiger charge is -2.31. The van der Waals surface area contributed by atoms with Crippen molar-refractivity contribution >= 4 is 17.9 Å². The zero-order valence-electron chi connectivity index (χ0n) is 16.1. The van der Waals surface area contributed by atoms with E-state index in [1.165, 1.54) is 42.1 Å². The smallest absolute Gasteiger partial charge is 0.334 e. The molecule has 0 radical (unpaired) electrons. The molecule has 0 aliphatic carbocycles. The first-order chi connectivity index (χ1) is 12.1. The lowest BCUT2D eigenvalue weighted by Crippen LogP contribution is -2.55. The molecule has 0 bridgehead atoms. The van der Waals surface area contributed by atoms with Crippen LogP contribution in [0.3, 0.4) is 0 Å². The highest BCUT2D eigenvalue weighted by atomic mass is 16.6. The van der Waals surface area contributed by atoms with Crippen LogP contribution in [-0.2, 0) is 42.8 Å². The Balaban J connectivity index is 4.91. The third kappa shape index (κ3) is 8.56. The van der Waals surface area contributed by atoms with Gasteiger partial charge in [-0.2, -0.15) is 0 Å². The summed E-state index contributed by atoms with van der Waals surface area (Å²) in [5.41, 5.74) is 4.99. The minimum Gasteiger partial charge on any atom is -0.467 e. The third-order valence-corrected chi connectivity index (χ3v) is 3.46. The van der Waals surface area contributed by atoms with Gasteiger partial charge in [-0.05, 0) is 20.8 Å². The van der Waals surface area contributed by atoms with E-state index in [9.17, 15) is 14.4 Å². The quantitative estimate of drug-likeness (QED) is 0.347. The molecule has 0 rings (SSSR count). The maximum absolute atomic E-state index is 11.4. The predicted molar refractivity (Wildman–Crippen MR) is 89.2 cm³/mol. The van der Waals surface area contributed by atoms with Crippen molar-refractivity contribution in [2.24, 2.45) is 5.73 Å². The topological polar surface area (TPSA) is 133 Å².